The molecule has 7 heteroatoms. The second kappa shape index (κ2) is 7.88. The van der Waals surface area contributed by atoms with Crippen LogP contribution in [0.2, 0.25) is 0 Å². The maximum atomic E-state index is 12.8. The molecule has 0 radical (unpaired) electrons. The molecule has 0 aromatic carbocycles. The Morgan fingerprint density at radius 1 is 1.08 bits per heavy atom. The van der Waals surface area contributed by atoms with E-state index in [-0.39, 0.29) is 5.92 Å². The molecule has 2 saturated heterocycles. The maximum Gasteiger partial charge on any atom is 0.225 e. The van der Waals surface area contributed by atoms with E-state index in [2.05, 4.69) is 14.9 Å². The molecule has 0 N–H and O–H groups in total. The fourth-order valence-corrected chi connectivity index (χ4v) is 4.37. The lowest BCUT2D eigenvalue weighted by atomic mass is 9.95. The molecule has 2 fully saturated rings. The first-order chi connectivity index (χ1) is 12.7. The van der Waals surface area contributed by atoms with Gasteiger partial charge in [0.05, 0.1) is 6.67 Å². The minimum atomic E-state index is 0.193. The van der Waals surface area contributed by atoms with E-state index in [4.69, 9.17) is 12.2 Å². The Hall–Kier alpha value is -1.73. The molecule has 0 bridgehead atoms. The van der Waals surface area contributed by atoms with Crippen molar-refractivity contribution in [3.8, 4) is 0 Å². The van der Waals surface area contributed by atoms with Crippen molar-refractivity contribution in [3.63, 3.8) is 0 Å². The predicted octanol–water partition coefficient (Wildman–Crippen LogP) is 2.94. The van der Waals surface area contributed by atoms with Gasteiger partial charge >= 0.3 is 0 Å². The summed E-state index contributed by atoms with van der Waals surface area (Å²) in [7, 11) is 0. The molecule has 26 heavy (non-hydrogen) atoms. The molecule has 2 aromatic heterocycles. The van der Waals surface area contributed by atoms with Gasteiger partial charge in [-0.25, -0.2) is 4.68 Å². The molecule has 4 rings (SSSR count). The van der Waals surface area contributed by atoms with E-state index < -0.39 is 0 Å². The zero-order chi connectivity index (χ0) is 17.9. The molecular formula is C19H27N5OS. The second-order valence-electron chi connectivity index (χ2n) is 7.48. The number of carbonyl (C=O) groups excluding carboxylic acids is 1. The van der Waals surface area contributed by atoms with Gasteiger partial charge < -0.3 is 4.90 Å². The molecule has 0 spiro atoms. The molecule has 0 aliphatic carbocycles. The van der Waals surface area contributed by atoms with E-state index in [9.17, 15) is 4.79 Å². The number of rotatable bonds is 3. The Bertz CT molecular complexity index is 813. The second-order valence-corrected chi connectivity index (χ2v) is 7.85. The summed E-state index contributed by atoms with van der Waals surface area (Å²) in [6.45, 7) is 4.47. The Morgan fingerprint density at radius 2 is 1.81 bits per heavy atom. The summed E-state index contributed by atoms with van der Waals surface area (Å²) in [5.74, 6) is 0.578. The fraction of sp³-hybridized carbons (Fsp3) is 0.632. The summed E-state index contributed by atoms with van der Waals surface area (Å²) in [6.07, 6.45) is 8.69. The van der Waals surface area contributed by atoms with Crippen LogP contribution in [0.5, 0.6) is 0 Å². The van der Waals surface area contributed by atoms with Crippen molar-refractivity contribution in [1.82, 2.24) is 24.0 Å². The topological polar surface area (TPSA) is 45.8 Å². The monoisotopic (exact) mass is 373 g/mol. The predicted molar refractivity (Wildman–Crippen MR) is 103 cm³/mol. The number of likely N-dealkylation sites (tertiary alicyclic amines) is 2. The summed E-state index contributed by atoms with van der Waals surface area (Å²) in [5.41, 5.74) is 0.878. The van der Waals surface area contributed by atoms with Gasteiger partial charge in [0.2, 0.25) is 10.7 Å². The van der Waals surface area contributed by atoms with Crippen molar-refractivity contribution in [2.24, 2.45) is 5.92 Å². The third-order valence-electron chi connectivity index (χ3n) is 5.68. The number of piperidine rings is 1. The van der Waals surface area contributed by atoms with Gasteiger partial charge in [-0.1, -0.05) is 18.9 Å². The first kappa shape index (κ1) is 17.7. The summed E-state index contributed by atoms with van der Waals surface area (Å²) < 4.78 is 4.55. The van der Waals surface area contributed by atoms with Crippen molar-refractivity contribution in [2.75, 3.05) is 26.2 Å². The average Bonchev–Trinajstić information content (AvgIpc) is 2.85. The number of hydrogen-bond acceptors (Lipinski definition) is 4. The maximum absolute atomic E-state index is 12.8. The van der Waals surface area contributed by atoms with Crippen LogP contribution >= 0.6 is 12.2 Å². The van der Waals surface area contributed by atoms with Crippen LogP contribution in [0.25, 0.3) is 5.65 Å². The summed E-state index contributed by atoms with van der Waals surface area (Å²) in [6, 6.07) is 5.91. The molecule has 2 aliphatic heterocycles. The Morgan fingerprint density at radius 3 is 2.50 bits per heavy atom. The number of pyridine rings is 1. The van der Waals surface area contributed by atoms with Gasteiger partial charge in [0, 0.05) is 38.3 Å². The highest BCUT2D eigenvalue weighted by Gasteiger charge is 2.29. The summed E-state index contributed by atoms with van der Waals surface area (Å²) in [4.78, 5) is 17.3. The number of nitrogens with zero attached hydrogens (tertiary/aromatic N) is 5. The van der Waals surface area contributed by atoms with E-state index in [1.54, 1.807) is 0 Å². The number of fused-ring (bicyclic) bond motifs is 1. The zero-order valence-corrected chi connectivity index (χ0v) is 16.0. The van der Waals surface area contributed by atoms with Crippen molar-refractivity contribution < 1.29 is 4.79 Å². The average molecular weight is 374 g/mol. The molecule has 140 valence electrons. The third-order valence-corrected chi connectivity index (χ3v) is 6.08. The van der Waals surface area contributed by atoms with Gasteiger partial charge in [-0.2, -0.15) is 5.10 Å². The van der Waals surface area contributed by atoms with Crippen molar-refractivity contribution in [1.29, 1.82) is 0 Å². The molecule has 4 heterocycles. The minimum Gasteiger partial charge on any atom is -0.342 e. The van der Waals surface area contributed by atoms with E-state index >= 15 is 0 Å². The van der Waals surface area contributed by atoms with Crippen molar-refractivity contribution in [2.45, 2.75) is 45.2 Å². The Kier molecular flexibility index (Phi) is 5.36. The SMILES string of the molecule is O=C(C1CCN(Cn2nc3ccccn3c2=S)CC1)N1CCCCCC1. The van der Waals surface area contributed by atoms with Gasteiger partial charge in [-0.3, -0.25) is 14.1 Å². The van der Waals surface area contributed by atoms with E-state index in [1.807, 2.05) is 33.5 Å². The fourth-order valence-electron chi connectivity index (χ4n) is 4.12. The van der Waals surface area contributed by atoms with Gasteiger partial charge in [0.15, 0.2) is 5.65 Å². The smallest absolute Gasteiger partial charge is 0.225 e. The van der Waals surface area contributed by atoms with Crippen molar-refractivity contribution in [3.05, 3.63) is 29.2 Å². The highest BCUT2D eigenvalue weighted by molar-refractivity contribution is 7.71. The molecule has 0 saturated carbocycles. The van der Waals surface area contributed by atoms with Gasteiger partial charge in [0.1, 0.15) is 0 Å². The van der Waals surface area contributed by atoms with Gasteiger partial charge in [0.25, 0.3) is 0 Å². The van der Waals surface area contributed by atoms with Crippen LogP contribution in [0.4, 0.5) is 0 Å². The van der Waals surface area contributed by atoms with Gasteiger partial charge in [-0.15, -0.1) is 0 Å². The normalized spacial score (nSPS) is 20.4. The van der Waals surface area contributed by atoms with Crippen LogP contribution < -0.4 is 0 Å². The first-order valence-electron chi connectivity index (χ1n) is 9.78. The van der Waals surface area contributed by atoms with Gasteiger partial charge in [-0.05, 0) is 50.0 Å². The van der Waals surface area contributed by atoms with Crippen LogP contribution in [0, 0.1) is 10.7 Å². The molecule has 6 nitrogen and oxygen atoms in total. The first-order valence-corrected chi connectivity index (χ1v) is 10.2. The Labute approximate surface area is 159 Å². The van der Waals surface area contributed by atoms with Crippen LogP contribution in [0.3, 0.4) is 0 Å². The number of carbonyl (C=O) groups is 1. The van der Waals surface area contributed by atoms with E-state index in [0.29, 0.717) is 12.6 Å². The summed E-state index contributed by atoms with van der Waals surface area (Å²) in [5, 5.41) is 4.60. The molecule has 0 unspecified atom stereocenters. The number of amides is 1. The zero-order valence-electron chi connectivity index (χ0n) is 15.2. The van der Waals surface area contributed by atoms with Crippen LogP contribution in [0.1, 0.15) is 38.5 Å². The third kappa shape index (κ3) is 3.69. The highest BCUT2D eigenvalue weighted by Crippen LogP contribution is 2.22. The van der Waals surface area contributed by atoms with E-state index in [0.717, 1.165) is 62.3 Å². The lowest BCUT2D eigenvalue weighted by Gasteiger charge is -2.33. The lowest BCUT2D eigenvalue weighted by Crippen LogP contribution is -2.43. The van der Waals surface area contributed by atoms with Crippen LogP contribution in [-0.4, -0.2) is 56.1 Å². The van der Waals surface area contributed by atoms with Crippen LogP contribution in [0.15, 0.2) is 24.4 Å². The van der Waals surface area contributed by atoms with Crippen molar-refractivity contribution >= 4 is 23.8 Å². The quantitative estimate of drug-likeness (QED) is 0.776. The summed E-state index contributed by atoms with van der Waals surface area (Å²) >= 11 is 5.53. The minimum absolute atomic E-state index is 0.193. The number of aromatic nitrogens is 3. The molecule has 2 aliphatic rings. The molecule has 2 aromatic rings. The number of hydrogen-bond donors (Lipinski definition) is 0. The largest absolute Gasteiger partial charge is 0.342 e. The Balaban J connectivity index is 1.35. The molecule has 1 amide bonds. The van der Waals surface area contributed by atoms with Crippen LogP contribution in [-0.2, 0) is 11.5 Å². The molecule has 0 atom stereocenters. The standard InChI is InChI=1S/C19H27N5OS/c25-18(22-10-4-1-2-5-11-22)16-8-13-21(14-9-16)15-24-19(26)23-12-6-3-7-17(23)20-24/h3,6-7,12,16H,1-2,4-5,8-11,13-15H2. The molecular weight excluding hydrogens is 346 g/mol. The lowest BCUT2D eigenvalue weighted by molar-refractivity contribution is -0.137. The van der Waals surface area contributed by atoms with E-state index in [1.165, 1.54) is 12.8 Å². The highest BCUT2D eigenvalue weighted by atomic mass is 32.1.